The van der Waals surface area contributed by atoms with Crippen LogP contribution in [0.2, 0.25) is 0 Å². The molecule has 3 aromatic rings. The van der Waals surface area contributed by atoms with Gasteiger partial charge in [0, 0.05) is 62.0 Å². The number of nitrogens with one attached hydrogen (secondary N) is 2. The highest BCUT2D eigenvalue weighted by Gasteiger charge is 2.40. The van der Waals surface area contributed by atoms with Crippen molar-refractivity contribution in [3.05, 3.63) is 58.0 Å². The van der Waals surface area contributed by atoms with E-state index in [4.69, 9.17) is 4.74 Å². The number of anilines is 1. The lowest BCUT2D eigenvalue weighted by atomic mass is 9.75. The quantitative estimate of drug-likeness (QED) is 0.237. The van der Waals surface area contributed by atoms with Crippen molar-refractivity contribution < 1.29 is 27.3 Å². The number of imide groups is 1. The summed E-state index contributed by atoms with van der Waals surface area (Å²) in [6.07, 6.45) is 6.28. The number of halogens is 2. The zero-order valence-corrected chi connectivity index (χ0v) is 31.9. The molecule has 5 heterocycles. The van der Waals surface area contributed by atoms with Gasteiger partial charge in [0.15, 0.2) is 0 Å². The SMILES string of the molecule is CC1CCCC1n1c(=O)c(C(F)F)cc2cnc(NC3CCN(S(=O)CCCN4CCC(Oc5cccc(C6(C)CCC(=O)NC6=O)c5)CC4)CC3)nc21. The van der Waals surface area contributed by atoms with Crippen molar-refractivity contribution in [3.63, 3.8) is 0 Å². The summed E-state index contributed by atoms with van der Waals surface area (Å²) >= 11 is 0. The van der Waals surface area contributed by atoms with Crippen LogP contribution in [0.5, 0.6) is 5.75 Å². The summed E-state index contributed by atoms with van der Waals surface area (Å²) in [7, 11) is -1.08. The Labute approximate surface area is 317 Å². The monoisotopic (exact) mass is 767 g/mol. The Morgan fingerprint density at radius 2 is 1.83 bits per heavy atom. The van der Waals surface area contributed by atoms with Crippen molar-refractivity contribution in [2.24, 2.45) is 5.92 Å². The zero-order valence-electron chi connectivity index (χ0n) is 31.1. The number of ether oxygens (including phenoxy) is 1. The van der Waals surface area contributed by atoms with E-state index in [2.05, 4.69) is 32.4 Å². The summed E-state index contributed by atoms with van der Waals surface area (Å²) in [5.41, 5.74) is -0.695. The second-order valence-electron chi connectivity index (χ2n) is 15.6. The minimum Gasteiger partial charge on any atom is -0.490 e. The highest BCUT2D eigenvalue weighted by atomic mass is 32.2. The number of hydrogen-bond acceptors (Lipinski definition) is 9. The molecule has 7 rings (SSSR count). The number of piperidine rings is 3. The average molecular weight is 768 g/mol. The number of carbonyl (C=O) groups excluding carboxylic acids is 2. The third-order valence-corrected chi connectivity index (χ3v) is 13.5. The van der Waals surface area contributed by atoms with E-state index in [-0.39, 0.29) is 35.9 Å². The van der Waals surface area contributed by atoms with Gasteiger partial charge in [0.1, 0.15) is 17.5 Å². The molecule has 2 N–H and O–H groups in total. The lowest BCUT2D eigenvalue weighted by Crippen LogP contribution is -2.49. The fraction of sp³-hybridized carbons (Fsp3) is 0.615. The molecule has 0 bridgehead atoms. The van der Waals surface area contributed by atoms with Gasteiger partial charge in [-0.05, 0) is 94.5 Å². The van der Waals surface area contributed by atoms with Crippen LogP contribution < -0.4 is 20.9 Å². The van der Waals surface area contributed by atoms with Gasteiger partial charge in [-0.25, -0.2) is 22.3 Å². The minimum absolute atomic E-state index is 0.0631. The molecule has 3 saturated heterocycles. The van der Waals surface area contributed by atoms with Gasteiger partial charge in [-0.3, -0.25) is 24.3 Å². The molecular weight excluding hydrogens is 717 g/mol. The maximum Gasteiger partial charge on any atom is 0.269 e. The number of likely N-dealkylation sites (tertiary alicyclic amines) is 1. The van der Waals surface area contributed by atoms with Crippen LogP contribution in [0.25, 0.3) is 11.0 Å². The first-order valence-corrected chi connectivity index (χ1v) is 20.7. The van der Waals surface area contributed by atoms with Crippen LogP contribution in [-0.2, 0) is 26.0 Å². The summed E-state index contributed by atoms with van der Waals surface area (Å²) < 4.78 is 50.7. The smallest absolute Gasteiger partial charge is 0.269 e. The number of rotatable bonds is 12. The maximum atomic E-state index is 13.8. The molecule has 0 radical (unpaired) electrons. The van der Waals surface area contributed by atoms with Crippen LogP contribution in [0.3, 0.4) is 0 Å². The van der Waals surface area contributed by atoms with Gasteiger partial charge in [0.05, 0.1) is 22.0 Å². The van der Waals surface area contributed by atoms with E-state index < -0.39 is 33.9 Å². The second kappa shape index (κ2) is 16.5. The molecular formula is C39H51F2N7O5S. The van der Waals surface area contributed by atoms with Crippen molar-refractivity contribution in [2.75, 3.05) is 43.8 Å². The predicted molar refractivity (Wildman–Crippen MR) is 203 cm³/mol. The summed E-state index contributed by atoms with van der Waals surface area (Å²) in [4.78, 5) is 49.0. The number of hydrogen-bond donors (Lipinski definition) is 2. The molecule has 1 aliphatic carbocycles. The van der Waals surface area contributed by atoms with Crippen molar-refractivity contribution in [1.82, 2.24) is 29.1 Å². The van der Waals surface area contributed by atoms with Crippen molar-refractivity contribution >= 4 is 39.8 Å². The van der Waals surface area contributed by atoms with Gasteiger partial charge >= 0.3 is 0 Å². The van der Waals surface area contributed by atoms with Gasteiger partial charge in [-0.2, -0.15) is 4.98 Å². The van der Waals surface area contributed by atoms with Crippen LogP contribution in [0.1, 0.15) is 102 Å². The van der Waals surface area contributed by atoms with E-state index in [9.17, 15) is 27.4 Å². The number of benzene rings is 1. The molecule has 1 aromatic carbocycles. The molecule has 292 valence electrons. The number of pyridine rings is 1. The highest BCUT2D eigenvalue weighted by molar-refractivity contribution is 7.82. The Bertz CT molecular complexity index is 1930. The molecule has 4 aliphatic rings. The first-order valence-electron chi connectivity index (χ1n) is 19.4. The van der Waals surface area contributed by atoms with Crippen LogP contribution in [-0.4, -0.2) is 90.4 Å². The first kappa shape index (κ1) is 38.5. The Hall–Kier alpha value is -3.82. The average Bonchev–Trinajstić information content (AvgIpc) is 3.59. The van der Waals surface area contributed by atoms with E-state index in [0.29, 0.717) is 48.7 Å². The number of fused-ring (bicyclic) bond motifs is 1. The van der Waals surface area contributed by atoms with E-state index in [1.807, 2.05) is 35.5 Å². The normalized spacial score (nSPS) is 25.6. The summed E-state index contributed by atoms with van der Waals surface area (Å²) in [6, 6.07) is 8.78. The Morgan fingerprint density at radius 3 is 2.54 bits per heavy atom. The largest absolute Gasteiger partial charge is 0.490 e. The zero-order chi connectivity index (χ0) is 38.0. The number of amides is 2. The van der Waals surface area contributed by atoms with Gasteiger partial charge in [-0.1, -0.05) is 25.5 Å². The van der Waals surface area contributed by atoms with Crippen LogP contribution >= 0.6 is 0 Å². The molecule has 1 saturated carbocycles. The molecule has 54 heavy (non-hydrogen) atoms. The fourth-order valence-corrected chi connectivity index (χ4v) is 9.80. The highest BCUT2D eigenvalue weighted by Crippen LogP contribution is 2.37. The van der Waals surface area contributed by atoms with Crippen LogP contribution in [0.15, 0.2) is 41.3 Å². The third kappa shape index (κ3) is 8.37. The molecule has 2 amide bonds. The predicted octanol–water partition coefficient (Wildman–Crippen LogP) is 5.26. The topological polar surface area (TPSA) is 139 Å². The van der Waals surface area contributed by atoms with E-state index in [1.165, 1.54) is 16.8 Å². The van der Waals surface area contributed by atoms with Gasteiger partial charge in [0.2, 0.25) is 17.8 Å². The van der Waals surface area contributed by atoms with Gasteiger partial charge < -0.3 is 15.0 Å². The number of carbonyl (C=O) groups is 2. The first-order chi connectivity index (χ1) is 26.0. The lowest BCUT2D eigenvalue weighted by molar-refractivity contribution is -0.137. The maximum absolute atomic E-state index is 13.8. The molecule has 12 nitrogen and oxygen atoms in total. The van der Waals surface area contributed by atoms with E-state index >= 15 is 0 Å². The molecule has 3 aliphatic heterocycles. The summed E-state index contributed by atoms with van der Waals surface area (Å²) in [5, 5.41) is 6.29. The Balaban J connectivity index is 0.848. The van der Waals surface area contributed by atoms with Crippen molar-refractivity contribution in [2.45, 2.75) is 108 Å². The molecule has 4 fully saturated rings. The third-order valence-electron chi connectivity index (χ3n) is 12.0. The number of nitrogens with zero attached hydrogens (tertiary/aromatic N) is 5. The fourth-order valence-electron chi connectivity index (χ4n) is 8.55. The minimum atomic E-state index is -2.87. The number of alkyl halides is 2. The molecule has 0 spiro atoms. The Kier molecular flexibility index (Phi) is 11.7. The van der Waals surface area contributed by atoms with Crippen LogP contribution in [0.4, 0.5) is 14.7 Å². The van der Waals surface area contributed by atoms with Crippen LogP contribution in [0, 0.1) is 5.92 Å². The van der Waals surface area contributed by atoms with E-state index in [0.717, 1.165) is 82.3 Å². The van der Waals surface area contributed by atoms with Crippen molar-refractivity contribution in [3.8, 4) is 5.75 Å². The van der Waals surface area contributed by atoms with Gasteiger partial charge in [-0.15, -0.1) is 0 Å². The number of aromatic nitrogens is 3. The van der Waals surface area contributed by atoms with Gasteiger partial charge in [0.25, 0.3) is 12.0 Å². The van der Waals surface area contributed by atoms with E-state index in [1.54, 1.807) is 0 Å². The molecule has 4 unspecified atom stereocenters. The summed E-state index contributed by atoms with van der Waals surface area (Å²) in [6.45, 7) is 7.95. The second-order valence-corrected chi connectivity index (χ2v) is 17.2. The summed E-state index contributed by atoms with van der Waals surface area (Å²) in [5.74, 6) is 1.41. The lowest BCUT2D eigenvalue weighted by Gasteiger charge is -2.34. The van der Waals surface area contributed by atoms with Crippen molar-refractivity contribution in [1.29, 1.82) is 0 Å². The molecule has 15 heteroatoms. The molecule has 4 atom stereocenters. The standard InChI is InChI=1S/C39H51F2N7O5S/c1-25-6-3-9-32(25)48-35-26(22-31(34(40)41)36(48)50)24-42-38(45-35)43-28-11-19-47(20-12-28)54(52)21-5-16-46-17-13-29(14-18-46)53-30-8-4-7-27(23-30)39(2)15-10-33(49)44-37(39)51/h4,7-8,22-25,28-29,32,34H,3,5-6,9-21H2,1-2H3,(H,42,43,45)(H,44,49,51). The Morgan fingerprint density at radius 1 is 1.06 bits per heavy atom. The molecule has 2 aromatic heterocycles.